The Hall–Kier alpha value is -2.49. The van der Waals surface area contributed by atoms with Crippen LogP contribution < -0.4 is 5.32 Å². The first-order valence-electron chi connectivity index (χ1n) is 5.52. The SMILES string of the molecule is CC(=O)c1ccc2cccc3c2c1C(=O)NC3=O. The molecule has 4 nitrogen and oxygen atoms in total. The molecule has 0 saturated carbocycles. The number of nitrogens with one attached hydrogen (secondary N) is 1. The molecule has 0 bridgehead atoms. The van der Waals surface area contributed by atoms with Gasteiger partial charge in [0, 0.05) is 16.5 Å². The third kappa shape index (κ3) is 1.29. The number of Topliss-reactive ketones (excluding diaryl/α,β-unsaturated/α-hetero) is 1. The Morgan fingerprint density at radius 3 is 2.56 bits per heavy atom. The summed E-state index contributed by atoms with van der Waals surface area (Å²) in [6.07, 6.45) is 0. The van der Waals surface area contributed by atoms with Crippen molar-refractivity contribution in [3.8, 4) is 0 Å². The molecule has 18 heavy (non-hydrogen) atoms. The van der Waals surface area contributed by atoms with E-state index in [9.17, 15) is 14.4 Å². The zero-order valence-electron chi connectivity index (χ0n) is 9.61. The summed E-state index contributed by atoms with van der Waals surface area (Å²) in [5.74, 6) is -1.11. The summed E-state index contributed by atoms with van der Waals surface area (Å²) in [5.41, 5.74) is 1.08. The van der Waals surface area contributed by atoms with Gasteiger partial charge in [-0.3, -0.25) is 19.7 Å². The second-order valence-corrected chi connectivity index (χ2v) is 4.23. The average Bonchev–Trinajstić information content (AvgIpc) is 2.34. The van der Waals surface area contributed by atoms with Crippen molar-refractivity contribution in [1.29, 1.82) is 0 Å². The summed E-state index contributed by atoms with van der Waals surface area (Å²) in [5, 5.41) is 3.62. The molecule has 1 N–H and O–H groups in total. The molecule has 1 aliphatic rings. The van der Waals surface area contributed by atoms with E-state index >= 15 is 0 Å². The number of hydrogen-bond donors (Lipinski definition) is 1. The van der Waals surface area contributed by atoms with Crippen molar-refractivity contribution in [1.82, 2.24) is 5.32 Å². The summed E-state index contributed by atoms with van der Waals surface area (Å²) in [7, 11) is 0. The second-order valence-electron chi connectivity index (χ2n) is 4.23. The van der Waals surface area contributed by atoms with Crippen LogP contribution in [0.5, 0.6) is 0 Å². The number of carbonyl (C=O) groups is 3. The molecule has 0 atom stereocenters. The van der Waals surface area contributed by atoms with E-state index in [1.54, 1.807) is 24.3 Å². The van der Waals surface area contributed by atoms with E-state index in [1.165, 1.54) is 6.92 Å². The highest BCUT2D eigenvalue weighted by Crippen LogP contribution is 2.29. The summed E-state index contributed by atoms with van der Waals surface area (Å²) in [6, 6.07) is 8.60. The predicted octanol–water partition coefficient (Wildman–Crippen LogP) is 1.93. The zero-order chi connectivity index (χ0) is 12.9. The molecule has 0 unspecified atom stereocenters. The van der Waals surface area contributed by atoms with Crippen LogP contribution in [-0.2, 0) is 0 Å². The number of imide groups is 1. The predicted molar refractivity (Wildman–Crippen MR) is 65.7 cm³/mol. The first kappa shape index (κ1) is 10.7. The first-order valence-corrected chi connectivity index (χ1v) is 5.52. The number of hydrogen-bond acceptors (Lipinski definition) is 3. The van der Waals surface area contributed by atoms with Gasteiger partial charge in [-0.1, -0.05) is 18.2 Å². The minimum Gasteiger partial charge on any atom is -0.294 e. The topological polar surface area (TPSA) is 63.2 Å². The fourth-order valence-electron chi connectivity index (χ4n) is 2.33. The van der Waals surface area contributed by atoms with E-state index in [2.05, 4.69) is 5.32 Å². The van der Waals surface area contributed by atoms with Gasteiger partial charge in [-0.25, -0.2) is 0 Å². The maximum atomic E-state index is 11.9. The van der Waals surface area contributed by atoms with Crippen LogP contribution in [0.15, 0.2) is 30.3 Å². The number of carbonyl (C=O) groups excluding carboxylic acids is 3. The highest BCUT2D eigenvalue weighted by atomic mass is 16.2. The number of ketones is 1. The largest absolute Gasteiger partial charge is 0.294 e. The Labute approximate surface area is 103 Å². The van der Waals surface area contributed by atoms with Crippen molar-refractivity contribution in [3.05, 3.63) is 47.0 Å². The minimum absolute atomic E-state index is 0.189. The van der Waals surface area contributed by atoms with Crippen LogP contribution in [0.25, 0.3) is 10.8 Å². The second kappa shape index (κ2) is 3.50. The summed E-state index contributed by atoms with van der Waals surface area (Å²) >= 11 is 0. The third-order valence-electron chi connectivity index (χ3n) is 3.12. The maximum absolute atomic E-state index is 11.9. The molecule has 2 aromatic carbocycles. The highest BCUT2D eigenvalue weighted by molar-refractivity contribution is 6.28. The molecule has 1 heterocycles. The van der Waals surface area contributed by atoms with Crippen molar-refractivity contribution >= 4 is 28.4 Å². The Kier molecular flexibility index (Phi) is 2.07. The lowest BCUT2D eigenvalue weighted by Crippen LogP contribution is -2.35. The van der Waals surface area contributed by atoms with Crippen molar-refractivity contribution in [2.75, 3.05) is 0 Å². The van der Waals surface area contributed by atoms with Gasteiger partial charge in [-0.05, 0) is 24.4 Å². The average molecular weight is 239 g/mol. The minimum atomic E-state index is -0.505. The smallest absolute Gasteiger partial charge is 0.259 e. The number of rotatable bonds is 1. The van der Waals surface area contributed by atoms with Crippen molar-refractivity contribution in [2.45, 2.75) is 6.92 Å². The van der Waals surface area contributed by atoms with Crippen molar-refractivity contribution < 1.29 is 14.4 Å². The third-order valence-corrected chi connectivity index (χ3v) is 3.12. The molecule has 0 radical (unpaired) electrons. The molecule has 88 valence electrons. The lowest BCUT2D eigenvalue weighted by molar-refractivity contribution is 0.0839. The van der Waals surface area contributed by atoms with Crippen LogP contribution in [0.4, 0.5) is 0 Å². The molecule has 3 rings (SSSR count). The molecule has 0 saturated heterocycles. The van der Waals surface area contributed by atoms with Crippen LogP contribution in [0.3, 0.4) is 0 Å². The molecule has 2 amide bonds. The van der Waals surface area contributed by atoms with E-state index in [4.69, 9.17) is 0 Å². The molecule has 1 aliphatic heterocycles. The van der Waals surface area contributed by atoms with E-state index in [1.807, 2.05) is 6.07 Å². The molecule has 0 aromatic heterocycles. The van der Waals surface area contributed by atoms with Gasteiger partial charge in [0.2, 0.25) is 0 Å². The van der Waals surface area contributed by atoms with Gasteiger partial charge < -0.3 is 0 Å². The Bertz CT molecular complexity index is 731. The van der Waals surface area contributed by atoms with Crippen LogP contribution in [0.1, 0.15) is 38.0 Å². The van der Waals surface area contributed by atoms with Gasteiger partial charge in [0.05, 0.1) is 5.56 Å². The fourth-order valence-corrected chi connectivity index (χ4v) is 2.33. The molecule has 2 aromatic rings. The summed E-state index contributed by atoms with van der Waals surface area (Å²) in [4.78, 5) is 35.2. The zero-order valence-corrected chi connectivity index (χ0v) is 9.61. The van der Waals surface area contributed by atoms with Crippen LogP contribution in [0, 0.1) is 0 Å². The molecular weight excluding hydrogens is 230 g/mol. The van der Waals surface area contributed by atoms with E-state index in [0.717, 1.165) is 5.39 Å². The normalized spacial score (nSPS) is 13.6. The summed E-state index contributed by atoms with van der Waals surface area (Å²) < 4.78 is 0. The standard InChI is InChI=1S/C14H9NO3/c1-7(16)9-6-5-8-3-2-4-10-11(8)12(9)14(18)15-13(10)17/h2-6H,1H3,(H,15,17,18). The van der Waals surface area contributed by atoms with Gasteiger partial charge in [-0.15, -0.1) is 0 Å². The van der Waals surface area contributed by atoms with Gasteiger partial charge >= 0.3 is 0 Å². The van der Waals surface area contributed by atoms with Crippen LogP contribution in [-0.4, -0.2) is 17.6 Å². The van der Waals surface area contributed by atoms with Crippen molar-refractivity contribution in [2.24, 2.45) is 0 Å². The lowest BCUT2D eigenvalue weighted by Gasteiger charge is -2.18. The maximum Gasteiger partial charge on any atom is 0.259 e. The lowest BCUT2D eigenvalue weighted by atomic mass is 9.90. The van der Waals surface area contributed by atoms with Gasteiger partial charge in [0.1, 0.15) is 0 Å². The Balaban J connectivity index is 2.55. The number of amides is 2. The van der Waals surface area contributed by atoms with E-state index in [-0.39, 0.29) is 5.78 Å². The van der Waals surface area contributed by atoms with Crippen molar-refractivity contribution in [3.63, 3.8) is 0 Å². The Morgan fingerprint density at radius 2 is 1.83 bits per heavy atom. The molecule has 0 spiro atoms. The van der Waals surface area contributed by atoms with Gasteiger partial charge in [0.15, 0.2) is 5.78 Å². The molecule has 0 aliphatic carbocycles. The molecule has 4 heteroatoms. The summed E-state index contributed by atoms with van der Waals surface area (Å²) in [6.45, 7) is 1.41. The quantitative estimate of drug-likeness (QED) is 0.611. The Morgan fingerprint density at radius 1 is 1.06 bits per heavy atom. The van der Waals surface area contributed by atoms with Gasteiger partial charge in [0.25, 0.3) is 11.8 Å². The van der Waals surface area contributed by atoms with E-state index < -0.39 is 11.8 Å². The van der Waals surface area contributed by atoms with E-state index in [0.29, 0.717) is 22.1 Å². The molecular formula is C14H9NO3. The molecule has 0 fully saturated rings. The number of benzene rings is 2. The van der Waals surface area contributed by atoms with Crippen LogP contribution in [0.2, 0.25) is 0 Å². The fraction of sp³-hybridized carbons (Fsp3) is 0.0714. The van der Waals surface area contributed by atoms with Gasteiger partial charge in [-0.2, -0.15) is 0 Å². The monoisotopic (exact) mass is 239 g/mol. The first-order chi connectivity index (χ1) is 8.59. The van der Waals surface area contributed by atoms with Crippen LogP contribution >= 0.6 is 0 Å². The highest BCUT2D eigenvalue weighted by Gasteiger charge is 2.28.